The molecule has 0 saturated heterocycles. The number of hydrogen-bond donors (Lipinski definition) is 1. The fraction of sp³-hybridized carbons (Fsp3) is 0.727. The lowest BCUT2D eigenvalue weighted by atomic mass is 9.86. The van der Waals surface area contributed by atoms with E-state index in [1.165, 1.54) is 30.8 Å². The molecule has 0 spiro atoms. The number of carbonyl (C=O) groups is 1. The summed E-state index contributed by atoms with van der Waals surface area (Å²) in [6, 6.07) is 0.311. The summed E-state index contributed by atoms with van der Waals surface area (Å²) in [6.07, 6.45) is 4.79. The maximum absolute atomic E-state index is 11.9. The number of hydrogen-bond acceptors (Lipinski definition) is 4. The van der Waals surface area contributed by atoms with E-state index in [0.717, 1.165) is 6.42 Å². The molecule has 16 heavy (non-hydrogen) atoms. The van der Waals surface area contributed by atoms with Crippen molar-refractivity contribution in [2.24, 2.45) is 5.92 Å². The molecule has 0 bridgehead atoms. The van der Waals surface area contributed by atoms with Crippen molar-refractivity contribution in [2.45, 2.75) is 45.6 Å². The minimum absolute atomic E-state index is 0.0654. The van der Waals surface area contributed by atoms with Crippen LogP contribution in [-0.2, 0) is 0 Å². The second-order valence-electron chi connectivity index (χ2n) is 4.49. The summed E-state index contributed by atoms with van der Waals surface area (Å²) < 4.78 is 4.02. The van der Waals surface area contributed by atoms with Crippen LogP contribution < -0.4 is 5.32 Å². The Hall–Kier alpha value is -0.970. The Labute approximate surface area is 99.6 Å². The summed E-state index contributed by atoms with van der Waals surface area (Å²) in [5.41, 5.74) is 0. The van der Waals surface area contributed by atoms with Crippen LogP contribution in [0.2, 0.25) is 0 Å². The second-order valence-corrected chi connectivity index (χ2v) is 5.24. The molecule has 4 nitrogen and oxygen atoms in total. The van der Waals surface area contributed by atoms with E-state index in [9.17, 15) is 4.79 Å². The number of aromatic nitrogens is 2. The maximum atomic E-state index is 11.9. The van der Waals surface area contributed by atoms with Gasteiger partial charge in [0.1, 0.15) is 5.82 Å². The van der Waals surface area contributed by atoms with Gasteiger partial charge in [-0.25, -0.2) is 4.98 Å². The van der Waals surface area contributed by atoms with E-state index in [4.69, 9.17) is 0 Å². The molecular weight excluding hydrogens is 222 g/mol. The van der Waals surface area contributed by atoms with Gasteiger partial charge in [0.15, 0.2) is 0 Å². The SMILES string of the molecule is Cc1nsc(C(=O)NC2CCCCC2C)n1. The predicted molar refractivity (Wildman–Crippen MR) is 63.5 cm³/mol. The van der Waals surface area contributed by atoms with Gasteiger partial charge >= 0.3 is 0 Å². The van der Waals surface area contributed by atoms with Crippen LogP contribution in [0.3, 0.4) is 0 Å². The van der Waals surface area contributed by atoms with Gasteiger partial charge in [0, 0.05) is 6.04 Å². The summed E-state index contributed by atoms with van der Waals surface area (Å²) >= 11 is 1.17. The molecule has 2 atom stereocenters. The van der Waals surface area contributed by atoms with Crippen LogP contribution in [0.1, 0.15) is 48.2 Å². The predicted octanol–water partition coefficient (Wildman–Crippen LogP) is 2.16. The van der Waals surface area contributed by atoms with Crippen molar-refractivity contribution in [3.63, 3.8) is 0 Å². The largest absolute Gasteiger partial charge is 0.347 e. The highest BCUT2D eigenvalue weighted by Gasteiger charge is 2.24. The highest BCUT2D eigenvalue weighted by atomic mass is 32.1. The van der Waals surface area contributed by atoms with Crippen LogP contribution >= 0.6 is 11.5 Å². The third kappa shape index (κ3) is 2.58. The Kier molecular flexibility index (Phi) is 3.53. The molecule has 2 rings (SSSR count). The summed E-state index contributed by atoms with van der Waals surface area (Å²) in [7, 11) is 0. The minimum atomic E-state index is -0.0654. The topological polar surface area (TPSA) is 54.9 Å². The zero-order chi connectivity index (χ0) is 11.5. The fourth-order valence-corrected chi connectivity index (χ4v) is 2.72. The minimum Gasteiger partial charge on any atom is -0.347 e. The molecule has 88 valence electrons. The van der Waals surface area contributed by atoms with E-state index in [1.54, 1.807) is 6.92 Å². The smallest absolute Gasteiger partial charge is 0.282 e. The molecule has 1 aliphatic carbocycles. The average Bonchev–Trinajstić information content (AvgIpc) is 2.68. The lowest BCUT2D eigenvalue weighted by molar-refractivity contribution is 0.0910. The molecule has 0 aromatic carbocycles. The van der Waals surface area contributed by atoms with E-state index in [0.29, 0.717) is 22.8 Å². The first-order valence-corrected chi connectivity index (χ1v) is 6.55. The molecule has 1 amide bonds. The van der Waals surface area contributed by atoms with E-state index >= 15 is 0 Å². The van der Waals surface area contributed by atoms with Gasteiger partial charge < -0.3 is 5.32 Å². The number of rotatable bonds is 2. The molecule has 5 heteroatoms. The highest BCUT2D eigenvalue weighted by Crippen LogP contribution is 2.24. The van der Waals surface area contributed by atoms with Crippen molar-refractivity contribution in [1.82, 2.24) is 14.7 Å². The zero-order valence-corrected chi connectivity index (χ0v) is 10.5. The number of amides is 1. The second kappa shape index (κ2) is 4.91. The molecule has 1 aromatic heterocycles. The quantitative estimate of drug-likeness (QED) is 0.860. The highest BCUT2D eigenvalue weighted by molar-refractivity contribution is 7.07. The molecule has 1 N–H and O–H groups in total. The van der Waals surface area contributed by atoms with Gasteiger partial charge in [0.05, 0.1) is 0 Å². The number of carbonyl (C=O) groups excluding carboxylic acids is 1. The molecule has 1 aliphatic rings. The van der Waals surface area contributed by atoms with Gasteiger partial charge in [-0.2, -0.15) is 4.37 Å². The van der Waals surface area contributed by atoms with Crippen molar-refractivity contribution in [3.8, 4) is 0 Å². The first kappa shape index (κ1) is 11.5. The van der Waals surface area contributed by atoms with E-state index in [1.807, 2.05) is 0 Å². The third-order valence-corrected chi connectivity index (χ3v) is 3.95. The van der Waals surface area contributed by atoms with Gasteiger partial charge in [0.2, 0.25) is 5.01 Å². The molecular formula is C11H17N3OS. The molecule has 0 radical (unpaired) electrons. The van der Waals surface area contributed by atoms with Crippen LogP contribution in [-0.4, -0.2) is 21.3 Å². The number of aryl methyl sites for hydroxylation is 1. The normalized spacial score (nSPS) is 25.4. The van der Waals surface area contributed by atoms with Crippen LogP contribution in [0.4, 0.5) is 0 Å². The average molecular weight is 239 g/mol. The van der Waals surface area contributed by atoms with Gasteiger partial charge in [-0.05, 0) is 37.2 Å². The maximum Gasteiger partial charge on any atom is 0.282 e. The lowest BCUT2D eigenvalue weighted by Crippen LogP contribution is -2.41. The molecule has 1 aromatic rings. The van der Waals surface area contributed by atoms with Crippen molar-refractivity contribution in [2.75, 3.05) is 0 Å². The van der Waals surface area contributed by atoms with Gasteiger partial charge in [-0.15, -0.1) is 0 Å². The molecule has 0 aliphatic heterocycles. The van der Waals surface area contributed by atoms with Crippen molar-refractivity contribution < 1.29 is 4.79 Å². The van der Waals surface area contributed by atoms with Gasteiger partial charge in [0.25, 0.3) is 5.91 Å². The monoisotopic (exact) mass is 239 g/mol. The number of nitrogens with zero attached hydrogens (tertiary/aromatic N) is 2. The van der Waals surface area contributed by atoms with Crippen molar-refractivity contribution in [3.05, 3.63) is 10.8 Å². The fourth-order valence-electron chi connectivity index (χ4n) is 2.15. The summed E-state index contributed by atoms with van der Waals surface area (Å²) in [5, 5.41) is 3.55. The van der Waals surface area contributed by atoms with E-state index in [2.05, 4.69) is 21.6 Å². The number of nitrogens with one attached hydrogen (secondary N) is 1. The summed E-state index contributed by atoms with van der Waals surface area (Å²) in [5.74, 6) is 1.18. The van der Waals surface area contributed by atoms with Crippen LogP contribution in [0.25, 0.3) is 0 Å². The van der Waals surface area contributed by atoms with Crippen LogP contribution in [0.5, 0.6) is 0 Å². The summed E-state index contributed by atoms with van der Waals surface area (Å²) in [6.45, 7) is 4.01. The molecule has 1 saturated carbocycles. The third-order valence-electron chi connectivity index (χ3n) is 3.15. The Bertz CT molecular complexity index is 377. The van der Waals surface area contributed by atoms with Gasteiger partial charge in [-0.1, -0.05) is 19.8 Å². The lowest BCUT2D eigenvalue weighted by Gasteiger charge is -2.29. The summed E-state index contributed by atoms with van der Waals surface area (Å²) in [4.78, 5) is 16.0. The van der Waals surface area contributed by atoms with Crippen LogP contribution in [0.15, 0.2) is 0 Å². The Balaban J connectivity index is 1.96. The van der Waals surface area contributed by atoms with Crippen molar-refractivity contribution >= 4 is 17.4 Å². The van der Waals surface area contributed by atoms with Crippen LogP contribution in [0, 0.1) is 12.8 Å². The van der Waals surface area contributed by atoms with Gasteiger partial charge in [-0.3, -0.25) is 4.79 Å². The molecule has 1 heterocycles. The molecule has 2 unspecified atom stereocenters. The van der Waals surface area contributed by atoms with E-state index in [-0.39, 0.29) is 5.91 Å². The van der Waals surface area contributed by atoms with Crippen molar-refractivity contribution in [1.29, 1.82) is 0 Å². The first-order valence-electron chi connectivity index (χ1n) is 5.78. The first-order chi connectivity index (χ1) is 7.66. The zero-order valence-electron chi connectivity index (χ0n) is 9.69. The standard InChI is InChI=1S/C11H17N3OS/c1-7-5-3-4-6-9(7)13-10(15)11-12-8(2)14-16-11/h7,9H,3-6H2,1-2H3,(H,13,15). The molecule has 1 fully saturated rings. The van der Waals surface area contributed by atoms with E-state index < -0.39 is 0 Å². The Morgan fingerprint density at radius 1 is 1.44 bits per heavy atom. The Morgan fingerprint density at radius 2 is 2.19 bits per heavy atom. The Morgan fingerprint density at radius 3 is 2.81 bits per heavy atom.